The zero-order valence-electron chi connectivity index (χ0n) is 17.5. The normalized spacial score (nSPS) is 12.4. The molecule has 0 amide bonds. The van der Waals surface area contributed by atoms with E-state index < -0.39 is 23.5 Å². The molecule has 156 valence electrons. The van der Waals surface area contributed by atoms with Crippen LogP contribution in [0, 0.1) is 11.8 Å². The van der Waals surface area contributed by atoms with Crippen LogP contribution in [0.15, 0.2) is 30.3 Å². The molecular weight excluding hydrogens is 360 g/mol. The summed E-state index contributed by atoms with van der Waals surface area (Å²) in [4.78, 5) is 36.1. The third kappa shape index (κ3) is 10.1. The van der Waals surface area contributed by atoms with Gasteiger partial charge in [-0.3, -0.25) is 14.4 Å². The van der Waals surface area contributed by atoms with E-state index in [1.165, 1.54) is 0 Å². The smallest absolute Gasteiger partial charge is 0.309 e. The molecule has 6 heteroatoms. The van der Waals surface area contributed by atoms with Gasteiger partial charge in [-0.2, -0.15) is 0 Å². The van der Waals surface area contributed by atoms with Crippen LogP contribution in [0.3, 0.4) is 0 Å². The predicted molar refractivity (Wildman–Crippen MR) is 105 cm³/mol. The maximum Gasteiger partial charge on any atom is 0.309 e. The van der Waals surface area contributed by atoms with E-state index in [9.17, 15) is 14.4 Å². The number of hydrogen-bond acceptors (Lipinski definition) is 6. The van der Waals surface area contributed by atoms with Crippen molar-refractivity contribution < 1.29 is 28.6 Å². The monoisotopic (exact) mass is 392 g/mol. The van der Waals surface area contributed by atoms with Crippen LogP contribution < -0.4 is 0 Å². The van der Waals surface area contributed by atoms with Crippen molar-refractivity contribution >= 4 is 17.9 Å². The number of carbonyl (C=O) groups excluding carboxylic acids is 3. The third-order valence-electron chi connectivity index (χ3n) is 3.93. The minimum atomic E-state index is -0.579. The molecule has 1 aromatic rings. The Bertz CT molecular complexity index is 630. The molecule has 6 nitrogen and oxygen atoms in total. The highest BCUT2D eigenvalue weighted by Crippen LogP contribution is 2.19. The van der Waals surface area contributed by atoms with Crippen LogP contribution in [-0.4, -0.2) is 30.1 Å². The van der Waals surface area contributed by atoms with Crippen molar-refractivity contribution in [3.8, 4) is 0 Å². The average Bonchev–Trinajstić information content (AvgIpc) is 2.60. The van der Waals surface area contributed by atoms with E-state index in [4.69, 9.17) is 14.2 Å². The van der Waals surface area contributed by atoms with E-state index in [2.05, 4.69) is 0 Å². The van der Waals surface area contributed by atoms with Gasteiger partial charge in [0.1, 0.15) is 12.2 Å². The van der Waals surface area contributed by atoms with Gasteiger partial charge in [-0.05, 0) is 38.7 Å². The second-order valence-electron chi connectivity index (χ2n) is 8.06. The molecule has 0 bridgehead atoms. The van der Waals surface area contributed by atoms with Crippen LogP contribution in [0.2, 0.25) is 0 Å². The van der Waals surface area contributed by atoms with Crippen molar-refractivity contribution in [2.75, 3.05) is 6.61 Å². The van der Waals surface area contributed by atoms with Gasteiger partial charge in [-0.25, -0.2) is 0 Å². The molecule has 0 aliphatic carbocycles. The maximum atomic E-state index is 12.3. The molecule has 0 spiro atoms. The minimum absolute atomic E-state index is 0.0323. The number of rotatable bonds is 10. The molecule has 0 heterocycles. The number of hydrogen-bond donors (Lipinski definition) is 0. The van der Waals surface area contributed by atoms with Crippen LogP contribution in [0.5, 0.6) is 0 Å². The molecule has 0 radical (unpaired) electrons. The van der Waals surface area contributed by atoms with E-state index >= 15 is 0 Å². The van der Waals surface area contributed by atoms with Crippen molar-refractivity contribution in [3.05, 3.63) is 35.9 Å². The summed E-state index contributed by atoms with van der Waals surface area (Å²) in [5, 5.41) is 0. The maximum absolute atomic E-state index is 12.3. The van der Waals surface area contributed by atoms with Crippen molar-refractivity contribution in [1.82, 2.24) is 0 Å². The summed E-state index contributed by atoms with van der Waals surface area (Å²) in [7, 11) is 0. The molecule has 0 fully saturated rings. The van der Waals surface area contributed by atoms with Gasteiger partial charge < -0.3 is 14.2 Å². The molecule has 1 atom stereocenters. The Hall–Kier alpha value is -2.37. The standard InChI is InChI=1S/C22H32O6/c1-16(2)18(14-20(24)27-15-17-10-7-6-8-11-17)21(25)26-13-9-12-19(23)28-22(3,4)5/h6-8,10-11,16,18H,9,12-15H2,1-5H3/t18-/m0/s1. The molecule has 0 aromatic heterocycles. The van der Waals surface area contributed by atoms with E-state index in [0.717, 1.165) is 5.56 Å². The quantitative estimate of drug-likeness (QED) is 0.339. The molecule has 0 unspecified atom stereocenters. The van der Waals surface area contributed by atoms with E-state index in [1.54, 1.807) is 20.8 Å². The van der Waals surface area contributed by atoms with Crippen LogP contribution in [0.25, 0.3) is 0 Å². The molecule has 0 aliphatic rings. The first-order chi connectivity index (χ1) is 13.1. The van der Waals surface area contributed by atoms with Gasteiger partial charge in [-0.1, -0.05) is 44.2 Å². The van der Waals surface area contributed by atoms with Gasteiger partial charge in [0.15, 0.2) is 0 Å². The highest BCUT2D eigenvalue weighted by molar-refractivity contribution is 5.80. The van der Waals surface area contributed by atoms with Gasteiger partial charge in [0.2, 0.25) is 0 Å². The lowest BCUT2D eigenvalue weighted by Crippen LogP contribution is -2.27. The summed E-state index contributed by atoms with van der Waals surface area (Å²) in [5.74, 6) is -1.86. The van der Waals surface area contributed by atoms with Gasteiger partial charge in [0, 0.05) is 6.42 Å². The number of esters is 3. The van der Waals surface area contributed by atoms with E-state index in [-0.39, 0.29) is 37.9 Å². The Morgan fingerprint density at radius 2 is 1.61 bits per heavy atom. The summed E-state index contributed by atoms with van der Waals surface area (Å²) in [6.07, 6.45) is 0.523. The van der Waals surface area contributed by atoms with Crippen LogP contribution in [0.1, 0.15) is 59.4 Å². The predicted octanol–water partition coefficient (Wildman–Crippen LogP) is 4.06. The molecule has 0 saturated carbocycles. The second-order valence-corrected chi connectivity index (χ2v) is 8.06. The number of benzene rings is 1. The average molecular weight is 392 g/mol. The van der Waals surface area contributed by atoms with Crippen LogP contribution in [-0.2, 0) is 35.2 Å². The molecule has 0 aliphatic heterocycles. The van der Waals surface area contributed by atoms with Gasteiger partial charge >= 0.3 is 17.9 Å². The molecule has 1 aromatic carbocycles. The first-order valence-corrected chi connectivity index (χ1v) is 9.66. The fraction of sp³-hybridized carbons (Fsp3) is 0.591. The zero-order valence-corrected chi connectivity index (χ0v) is 17.5. The fourth-order valence-corrected chi connectivity index (χ4v) is 2.46. The summed E-state index contributed by atoms with van der Waals surface area (Å²) in [6.45, 7) is 9.41. The van der Waals surface area contributed by atoms with Gasteiger partial charge in [0.25, 0.3) is 0 Å². The topological polar surface area (TPSA) is 78.9 Å². The zero-order chi connectivity index (χ0) is 21.2. The summed E-state index contributed by atoms with van der Waals surface area (Å²) >= 11 is 0. The second kappa shape index (κ2) is 11.5. The number of carbonyl (C=O) groups is 3. The Kier molecular flexibility index (Phi) is 9.69. The first kappa shape index (κ1) is 23.7. The van der Waals surface area contributed by atoms with Crippen LogP contribution in [0.4, 0.5) is 0 Å². The molecule has 0 N–H and O–H groups in total. The van der Waals surface area contributed by atoms with E-state index in [1.807, 2.05) is 44.2 Å². The van der Waals surface area contributed by atoms with Crippen molar-refractivity contribution in [3.63, 3.8) is 0 Å². The van der Waals surface area contributed by atoms with Crippen molar-refractivity contribution in [1.29, 1.82) is 0 Å². The lowest BCUT2D eigenvalue weighted by atomic mass is 9.93. The van der Waals surface area contributed by atoms with Gasteiger partial charge in [-0.15, -0.1) is 0 Å². The highest BCUT2D eigenvalue weighted by atomic mass is 16.6. The fourth-order valence-electron chi connectivity index (χ4n) is 2.46. The lowest BCUT2D eigenvalue weighted by molar-refractivity contribution is -0.159. The molecule has 1 rings (SSSR count). The van der Waals surface area contributed by atoms with Crippen LogP contribution >= 0.6 is 0 Å². The lowest BCUT2D eigenvalue weighted by Gasteiger charge is -2.20. The first-order valence-electron chi connectivity index (χ1n) is 9.66. The third-order valence-corrected chi connectivity index (χ3v) is 3.93. The minimum Gasteiger partial charge on any atom is -0.465 e. The Morgan fingerprint density at radius 1 is 0.964 bits per heavy atom. The summed E-state index contributed by atoms with van der Waals surface area (Å²) < 4.78 is 15.7. The van der Waals surface area contributed by atoms with Gasteiger partial charge in [0.05, 0.1) is 18.9 Å². The summed E-state index contributed by atoms with van der Waals surface area (Å²) in [5.41, 5.74) is 0.359. The molecule has 28 heavy (non-hydrogen) atoms. The Balaban J connectivity index is 2.38. The largest absolute Gasteiger partial charge is 0.465 e. The van der Waals surface area contributed by atoms with Crippen molar-refractivity contribution in [2.45, 2.75) is 66.1 Å². The Morgan fingerprint density at radius 3 is 2.18 bits per heavy atom. The Labute approximate surface area is 167 Å². The SMILES string of the molecule is CC(C)[C@H](CC(=O)OCc1ccccc1)C(=O)OCCCC(=O)OC(C)(C)C. The van der Waals surface area contributed by atoms with E-state index in [0.29, 0.717) is 6.42 Å². The highest BCUT2D eigenvalue weighted by Gasteiger charge is 2.27. The molecule has 0 saturated heterocycles. The number of ether oxygens (including phenoxy) is 3. The summed E-state index contributed by atoms with van der Waals surface area (Å²) in [6, 6.07) is 9.36. The molecular formula is C22H32O6. The van der Waals surface area contributed by atoms with Crippen molar-refractivity contribution in [2.24, 2.45) is 11.8 Å².